The van der Waals surface area contributed by atoms with Gasteiger partial charge < -0.3 is 14.8 Å². The molecule has 0 fully saturated rings. The molecule has 3 nitrogen and oxygen atoms in total. The SMILES string of the molecule is COc1ccc(CCOc2cccc3c2CCCN3)cc1. The molecule has 2 aromatic carbocycles. The molecule has 1 aliphatic heterocycles. The topological polar surface area (TPSA) is 30.5 Å². The van der Waals surface area contributed by atoms with Crippen molar-refractivity contribution in [2.45, 2.75) is 19.3 Å². The Morgan fingerprint density at radius 1 is 1.10 bits per heavy atom. The summed E-state index contributed by atoms with van der Waals surface area (Å²) >= 11 is 0. The van der Waals surface area contributed by atoms with E-state index in [0.29, 0.717) is 6.61 Å². The third kappa shape index (κ3) is 3.30. The Balaban J connectivity index is 1.60. The first-order chi connectivity index (χ1) is 10.4. The van der Waals surface area contributed by atoms with Crippen LogP contribution in [0.25, 0.3) is 0 Å². The average Bonchev–Trinajstić information content (AvgIpc) is 2.56. The van der Waals surface area contributed by atoms with E-state index in [2.05, 4.69) is 35.6 Å². The predicted molar refractivity (Wildman–Crippen MR) is 85.4 cm³/mol. The van der Waals surface area contributed by atoms with Crippen LogP contribution < -0.4 is 14.8 Å². The molecule has 1 heterocycles. The largest absolute Gasteiger partial charge is 0.497 e. The molecule has 1 N–H and O–H groups in total. The standard InChI is InChI=1S/C18H21NO2/c1-20-15-9-7-14(8-10-15)11-13-21-18-6-2-5-17-16(18)4-3-12-19-17/h2,5-10,19H,3-4,11-13H2,1H3. The van der Waals surface area contributed by atoms with Gasteiger partial charge in [0.2, 0.25) is 0 Å². The number of rotatable bonds is 5. The van der Waals surface area contributed by atoms with E-state index < -0.39 is 0 Å². The van der Waals surface area contributed by atoms with Crippen LogP contribution >= 0.6 is 0 Å². The van der Waals surface area contributed by atoms with E-state index in [-0.39, 0.29) is 0 Å². The number of anilines is 1. The van der Waals surface area contributed by atoms with Gasteiger partial charge in [-0.05, 0) is 42.7 Å². The lowest BCUT2D eigenvalue weighted by atomic mass is 10.0. The Morgan fingerprint density at radius 3 is 2.76 bits per heavy atom. The molecular formula is C18H21NO2. The van der Waals surface area contributed by atoms with Crippen LogP contribution in [0.3, 0.4) is 0 Å². The molecule has 3 rings (SSSR count). The van der Waals surface area contributed by atoms with Crippen molar-refractivity contribution in [2.24, 2.45) is 0 Å². The van der Waals surface area contributed by atoms with Gasteiger partial charge in [-0.15, -0.1) is 0 Å². The summed E-state index contributed by atoms with van der Waals surface area (Å²) in [5, 5.41) is 3.43. The van der Waals surface area contributed by atoms with Crippen molar-refractivity contribution in [1.29, 1.82) is 0 Å². The first-order valence-corrected chi connectivity index (χ1v) is 7.48. The molecule has 0 amide bonds. The molecule has 0 spiro atoms. The van der Waals surface area contributed by atoms with Gasteiger partial charge in [0.15, 0.2) is 0 Å². The van der Waals surface area contributed by atoms with E-state index in [1.165, 1.54) is 23.2 Å². The van der Waals surface area contributed by atoms with Crippen molar-refractivity contribution >= 4 is 5.69 Å². The zero-order valence-electron chi connectivity index (χ0n) is 12.4. The second-order valence-electron chi connectivity index (χ2n) is 5.26. The molecule has 0 saturated heterocycles. The zero-order valence-corrected chi connectivity index (χ0v) is 12.4. The highest BCUT2D eigenvalue weighted by atomic mass is 16.5. The second kappa shape index (κ2) is 6.53. The third-order valence-electron chi connectivity index (χ3n) is 3.86. The fourth-order valence-electron chi connectivity index (χ4n) is 2.68. The predicted octanol–water partition coefficient (Wildman–Crippen LogP) is 3.67. The van der Waals surface area contributed by atoms with Crippen LogP contribution in [0.2, 0.25) is 0 Å². The Hall–Kier alpha value is -2.16. The lowest BCUT2D eigenvalue weighted by Gasteiger charge is -2.21. The third-order valence-corrected chi connectivity index (χ3v) is 3.86. The Labute approximate surface area is 125 Å². The molecule has 0 bridgehead atoms. The summed E-state index contributed by atoms with van der Waals surface area (Å²) in [5.74, 6) is 1.91. The summed E-state index contributed by atoms with van der Waals surface area (Å²) in [6.45, 7) is 1.76. The maximum Gasteiger partial charge on any atom is 0.124 e. The van der Waals surface area contributed by atoms with Gasteiger partial charge in [-0.25, -0.2) is 0 Å². The summed E-state index contributed by atoms with van der Waals surface area (Å²) in [5.41, 5.74) is 3.81. The molecule has 0 atom stereocenters. The average molecular weight is 283 g/mol. The lowest BCUT2D eigenvalue weighted by Crippen LogP contribution is -2.13. The van der Waals surface area contributed by atoms with E-state index in [9.17, 15) is 0 Å². The summed E-state index contributed by atoms with van der Waals surface area (Å²) in [4.78, 5) is 0. The van der Waals surface area contributed by atoms with Gasteiger partial charge >= 0.3 is 0 Å². The maximum absolute atomic E-state index is 5.99. The molecule has 1 aliphatic rings. The molecule has 21 heavy (non-hydrogen) atoms. The fraction of sp³-hybridized carbons (Fsp3) is 0.333. The molecule has 2 aromatic rings. The van der Waals surface area contributed by atoms with Gasteiger partial charge in [0.1, 0.15) is 11.5 Å². The molecule has 110 valence electrons. The molecule has 0 saturated carbocycles. The number of ether oxygens (including phenoxy) is 2. The van der Waals surface area contributed by atoms with E-state index >= 15 is 0 Å². The summed E-state index contributed by atoms with van der Waals surface area (Å²) < 4.78 is 11.2. The number of hydrogen-bond acceptors (Lipinski definition) is 3. The first-order valence-electron chi connectivity index (χ1n) is 7.48. The normalized spacial score (nSPS) is 13.2. The highest BCUT2D eigenvalue weighted by Gasteiger charge is 2.13. The van der Waals surface area contributed by atoms with Crippen LogP contribution in [0, 0.1) is 0 Å². The number of methoxy groups -OCH3 is 1. The minimum Gasteiger partial charge on any atom is -0.497 e. The number of benzene rings is 2. The van der Waals surface area contributed by atoms with Crippen LogP contribution in [0.5, 0.6) is 11.5 Å². The molecule has 0 aromatic heterocycles. The maximum atomic E-state index is 5.99. The van der Waals surface area contributed by atoms with Gasteiger partial charge in [-0.3, -0.25) is 0 Å². The Morgan fingerprint density at radius 2 is 1.95 bits per heavy atom. The van der Waals surface area contributed by atoms with Gasteiger partial charge in [-0.1, -0.05) is 18.2 Å². The molecule has 0 radical (unpaired) electrons. The quantitative estimate of drug-likeness (QED) is 0.908. The Kier molecular flexibility index (Phi) is 4.29. The van der Waals surface area contributed by atoms with Crippen LogP contribution in [-0.2, 0) is 12.8 Å². The van der Waals surface area contributed by atoms with Crippen molar-refractivity contribution in [1.82, 2.24) is 0 Å². The zero-order chi connectivity index (χ0) is 14.5. The minimum absolute atomic E-state index is 0.697. The molecule has 3 heteroatoms. The Bertz CT molecular complexity index is 593. The first kappa shape index (κ1) is 13.8. The van der Waals surface area contributed by atoms with Gasteiger partial charge in [-0.2, -0.15) is 0 Å². The van der Waals surface area contributed by atoms with E-state index in [4.69, 9.17) is 9.47 Å². The summed E-state index contributed by atoms with van der Waals surface area (Å²) in [7, 11) is 1.69. The van der Waals surface area contributed by atoms with Crippen LogP contribution in [0.4, 0.5) is 5.69 Å². The van der Waals surface area contributed by atoms with E-state index in [1.807, 2.05) is 12.1 Å². The van der Waals surface area contributed by atoms with Crippen molar-refractivity contribution in [3.8, 4) is 11.5 Å². The molecule has 0 aliphatic carbocycles. The smallest absolute Gasteiger partial charge is 0.124 e. The molecule has 0 unspecified atom stereocenters. The van der Waals surface area contributed by atoms with Crippen LogP contribution in [-0.4, -0.2) is 20.3 Å². The van der Waals surface area contributed by atoms with Gasteiger partial charge in [0.25, 0.3) is 0 Å². The highest BCUT2D eigenvalue weighted by molar-refractivity contribution is 5.59. The minimum atomic E-state index is 0.697. The van der Waals surface area contributed by atoms with Crippen molar-refractivity contribution < 1.29 is 9.47 Å². The van der Waals surface area contributed by atoms with E-state index in [1.54, 1.807) is 7.11 Å². The summed E-state index contributed by atoms with van der Waals surface area (Å²) in [6, 6.07) is 14.4. The number of hydrogen-bond donors (Lipinski definition) is 1. The van der Waals surface area contributed by atoms with Gasteiger partial charge in [0.05, 0.1) is 13.7 Å². The van der Waals surface area contributed by atoms with Crippen LogP contribution in [0.15, 0.2) is 42.5 Å². The van der Waals surface area contributed by atoms with Crippen molar-refractivity contribution in [2.75, 3.05) is 25.6 Å². The van der Waals surface area contributed by atoms with Crippen molar-refractivity contribution in [3.63, 3.8) is 0 Å². The fourth-order valence-corrected chi connectivity index (χ4v) is 2.68. The number of nitrogens with one attached hydrogen (secondary N) is 1. The number of fused-ring (bicyclic) bond motifs is 1. The summed E-state index contributed by atoms with van der Waals surface area (Å²) in [6.07, 6.45) is 3.17. The van der Waals surface area contributed by atoms with Crippen molar-refractivity contribution in [3.05, 3.63) is 53.6 Å². The monoisotopic (exact) mass is 283 g/mol. The highest BCUT2D eigenvalue weighted by Crippen LogP contribution is 2.30. The van der Waals surface area contributed by atoms with Gasteiger partial charge in [0, 0.05) is 24.2 Å². The lowest BCUT2D eigenvalue weighted by molar-refractivity contribution is 0.318. The van der Waals surface area contributed by atoms with Crippen LogP contribution in [0.1, 0.15) is 17.5 Å². The molecular weight excluding hydrogens is 262 g/mol. The van der Waals surface area contributed by atoms with E-state index in [0.717, 1.165) is 30.9 Å². The second-order valence-corrected chi connectivity index (χ2v) is 5.26.